The molecule has 28 heteroatoms. The minimum Gasteiger partial charge on any atom is -0.478 e. The van der Waals surface area contributed by atoms with Crippen LogP contribution in [0.1, 0.15) is 128 Å². The van der Waals surface area contributed by atoms with Gasteiger partial charge in [0.05, 0.1) is 24.3 Å². The summed E-state index contributed by atoms with van der Waals surface area (Å²) < 4.78 is 51.4. The van der Waals surface area contributed by atoms with E-state index < -0.39 is 23.6 Å². The number of halogens is 4. The van der Waals surface area contributed by atoms with Gasteiger partial charge in [-0.3, -0.25) is 19.4 Å². The number of rotatable bonds is 32. The molecule has 2 aromatic heterocycles. The topological polar surface area (TPSA) is 249 Å². The molecule has 4 fully saturated rings. The largest absolute Gasteiger partial charge is 0.478 e. The van der Waals surface area contributed by atoms with Gasteiger partial charge in [0, 0.05) is 140 Å². The second kappa shape index (κ2) is 36.9. The molecule has 2 amide bonds. The molecule has 0 aliphatic carbocycles. The molecule has 4 aliphatic rings. The number of ether oxygens (including phenoxy) is 4. The average Bonchev–Trinajstić information content (AvgIpc) is 1.56. The van der Waals surface area contributed by atoms with Crippen LogP contribution in [0.5, 0.6) is 23.3 Å². The Bertz CT molecular complexity index is 3010. The SMILES string of the molecule is CCN(C(=O)c1cc(F)ccc1Oc1nnc(Cl)nc1N1CCC2(C1)CN([C@H](CCCN(C)CCOC)C(C)C)C2)C(C)C.CCN(C(=O)c1cc(F)ccc1Oc1nnc(Cl)nc1N1CCC2(C1)CN([C@H](CCCN(C)CCOC)C(C)C)C2)C(C)C.O=C(O)/C=C/C(=O)O. The molecular weight excluding hydrogens is 1280 g/mol. The van der Waals surface area contributed by atoms with Crippen molar-refractivity contribution in [3.8, 4) is 23.3 Å². The van der Waals surface area contributed by atoms with Crippen LogP contribution < -0.4 is 19.3 Å². The van der Waals surface area contributed by atoms with Gasteiger partial charge in [0.15, 0.2) is 11.6 Å². The molecule has 96 heavy (non-hydrogen) atoms. The highest BCUT2D eigenvalue weighted by Gasteiger charge is 2.52. The summed E-state index contributed by atoms with van der Waals surface area (Å²) in [5.41, 5.74) is 0.570. The lowest BCUT2D eigenvalue weighted by molar-refractivity contribution is -0.134. The number of benzene rings is 2. The molecule has 532 valence electrons. The standard InChI is InChI=1S/2C32H49ClFN7O3.C4H4O4/c2*1-8-41(23(4)5)30(42)25-18-24(34)11-12-27(25)44-29-28(35-31(33)37-36-29)39-15-13-32(19-39)20-40(21-32)26(22(2)3)10-9-14-38(6)16-17-43-7;5-3(6)1-2-4(7)8/h2*11-12,18,22-23,26H,8-10,13-17,19-21H2,1-7H3;1-2H,(H,5,6)(H,7,8)/b;;2-1+/t2*26-;/m11./s1. The van der Waals surface area contributed by atoms with Crippen LogP contribution in [-0.2, 0) is 19.1 Å². The maximum Gasteiger partial charge on any atom is 0.328 e. The monoisotopic (exact) mass is 1380 g/mol. The first-order chi connectivity index (χ1) is 45.6. The van der Waals surface area contributed by atoms with E-state index in [2.05, 4.69) is 102 Å². The number of aromatic nitrogens is 6. The number of aliphatic carboxylic acids is 2. The molecule has 2 spiro atoms. The third-order valence-electron chi connectivity index (χ3n) is 18.3. The van der Waals surface area contributed by atoms with E-state index in [0.29, 0.717) is 60.8 Å². The number of anilines is 2. The van der Waals surface area contributed by atoms with Crippen LogP contribution in [0.4, 0.5) is 20.4 Å². The Kier molecular flexibility index (Phi) is 30.2. The number of hydrogen-bond donors (Lipinski definition) is 2. The van der Waals surface area contributed by atoms with Crippen molar-refractivity contribution in [1.82, 2.24) is 59.8 Å². The van der Waals surface area contributed by atoms with Crippen LogP contribution in [0.2, 0.25) is 10.6 Å². The van der Waals surface area contributed by atoms with Gasteiger partial charge < -0.3 is 58.6 Å². The van der Waals surface area contributed by atoms with Gasteiger partial charge in [-0.15, -0.1) is 20.4 Å². The Morgan fingerprint density at radius 3 is 1.26 bits per heavy atom. The minimum atomic E-state index is -1.26. The van der Waals surface area contributed by atoms with Crippen LogP contribution in [0, 0.1) is 34.3 Å². The molecule has 2 N–H and O–H groups in total. The number of likely N-dealkylation sites (tertiary alicyclic amines) is 2. The van der Waals surface area contributed by atoms with Crippen molar-refractivity contribution in [2.24, 2.45) is 22.7 Å². The third-order valence-corrected chi connectivity index (χ3v) is 18.7. The smallest absolute Gasteiger partial charge is 0.328 e. The Labute approximate surface area is 575 Å². The second-order valence-corrected chi connectivity index (χ2v) is 27.6. The molecule has 4 saturated heterocycles. The van der Waals surface area contributed by atoms with Crippen LogP contribution in [-0.4, -0.2) is 251 Å². The first-order valence-corrected chi connectivity index (χ1v) is 34.2. The number of likely N-dealkylation sites (N-methyl/N-ethyl adjacent to an activating group) is 2. The molecule has 0 unspecified atom stereocenters. The maximum absolute atomic E-state index is 14.3. The van der Waals surface area contributed by atoms with Gasteiger partial charge in [-0.05, 0) is 179 Å². The first kappa shape index (κ1) is 78.5. The number of nitrogens with zero attached hydrogens (tertiary/aromatic N) is 14. The minimum absolute atomic E-state index is 0.0197. The molecule has 4 aromatic rings. The van der Waals surface area contributed by atoms with E-state index in [1.807, 2.05) is 41.5 Å². The van der Waals surface area contributed by atoms with Gasteiger partial charge in [0.1, 0.15) is 23.1 Å². The average molecular weight is 1380 g/mol. The highest BCUT2D eigenvalue weighted by molar-refractivity contribution is 6.28. The summed E-state index contributed by atoms with van der Waals surface area (Å²) in [7, 11) is 7.80. The molecule has 0 saturated carbocycles. The van der Waals surface area contributed by atoms with E-state index in [9.17, 15) is 28.0 Å². The number of carboxylic acid groups (broad SMARTS) is 2. The third kappa shape index (κ3) is 22.0. The number of methoxy groups -OCH3 is 2. The Morgan fingerprint density at radius 2 is 0.948 bits per heavy atom. The van der Waals surface area contributed by atoms with Gasteiger partial charge >= 0.3 is 11.9 Å². The van der Waals surface area contributed by atoms with Gasteiger partial charge in [-0.25, -0.2) is 18.4 Å². The molecule has 8 rings (SSSR count). The van der Waals surface area contributed by atoms with Crippen molar-refractivity contribution >= 4 is 58.6 Å². The van der Waals surface area contributed by atoms with Crippen LogP contribution in [0.15, 0.2) is 48.6 Å². The van der Waals surface area contributed by atoms with Crippen molar-refractivity contribution in [2.75, 3.05) is 143 Å². The zero-order valence-electron chi connectivity index (χ0n) is 58.6. The summed E-state index contributed by atoms with van der Waals surface area (Å²) in [5.74, 6) is -1.37. The molecule has 6 heterocycles. The predicted molar refractivity (Wildman–Crippen MR) is 367 cm³/mol. The first-order valence-electron chi connectivity index (χ1n) is 33.4. The number of amides is 2. The van der Waals surface area contributed by atoms with E-state index in [-0.39, 0.29) is 79.7 Å². The zero-order valence-corrected chi connectivity index (χ0v) is 60.1. The second-order valence-electron chi connectivity index (χ2n) is 26.9. The van der Waals surface area contributed by atoms with Gasteiger partial charge in [0.25, 0.3) is 23.6 Å². The van der Waals surface area contributed by atoms with Crippen LogP contribution >= 0.6 is 23.2 Å². The molecule has 2 atom stereocenters. The fourth-order valence-electron chi connectivity index (χ4n) is 13.4. The van der Waals surface area contributed by atoms with E-state index in [1.165, 1.54) is 49.2 Å². The van der Waals surface area contributed by atoms with Crippen LogP contribution in [0.3, 0.4) is 0 Å². The van der Waals surface area contributed by atoms with Crippen molar-refractivity contribution in [3.05, 3.63) is 81.9 Å². The van der Waals surface area contributed by atoms with Crippen molar-refractivity contribution in [3.63, 3.8) is 0 Å². The lowest BCUT2D eigenvalue weighted by atomic mass is 9.76. The summed E-state index contributed by atoms with van der Waals surface area (Å²) in [6, 6.07) is 8.82. The molecule has 2 aromatic carbocycles. The summed E-state index contributed by atoms with van der Waals surface area (Å²) in [4.78, 5) is 72.4. The number of carbonyl (C=O) groups excluding carboxylic acids is 2. The molecular formula is C68H102Cl2F2N14O10. The summed E-state index contributed by atoms with van der Waals surface area (Å²) in [6.07, 6.45) is 7.82. The Morgan fingerprint density at radius 1 is 0.583 bits per heavy atom. The normalized spacial score (nSPS) is 16.5. The summed E-state index contributed by atoms with van der Waals surface area (Å²) in [5, 5.41) is 31.9. The number of carbonyl (C=O) groups is 4. The molecule has 4 aliphatic heterocycles. The number of carboxylic acids is 2. The summed E-state index contributed by atoms with van der Waals surface area (Å²) in [6.45, 7) is 34.6. The Hall–Kier alpha value is -6.52. The van der Waals surface area contributed by atoms with Gasteiger partial charge in [-0.2, -0.15) is 9.97 Å². The summed E-state index contributed by atoms with van der Waals surface area (Å²) >= 11 is 12.4. The van der Waals surface area contributed by atoms with Crippen molar-refractivity contribution in [2.45, 2.75) is 132 Å². The molecule has 0 bridgehead atoms. The highest BCUT2D eigenvalue weighted by atomic mass is 35.5. The fraction of sp³-hybridized carbons (Fsp3) is 0.647. The highest BCUT2D eigenvalue weighted by Crippen LogP contribution is 2.47. The molecule has 0 radical (unpaired) electrons. The zero-order chi connectivity index (χ0) is 70.6. The van der Waals surface area contributed by atoms with Crippen molar-refractivity contribution < 1.29 is 57.1 Å². The molecule has 24 nitrogen and oxygen atoms in total. The van der Waals surface area contributed by atoms with Gasteiger partial charge in [0.2, 0.25) is 10.6 Å². The predicted octanol–water partition coefficient (Wildman–Crippen LogP) is 10.2. The van der Waals surface area contributed by atoms with E-state index in [1.54, 1.807) is 24.0 Å². The van der Waals surface area contributed by atoms with E-state index in [0.717, 1.165) is 117 Å². The fourth-order valence-corrected chi connectivity index (χ4v) is 13.6. The van der Waals surface area contributed by atoms with Gasteiger partial charge in [-0.1, -0.05) is 27.7 Å². The van der Waals surface area contributed by atoms with E-state index >= 15 is 0 Å². The van der Waals surface area contributed by atoms with E-state index in [4.69, 9.17) is 52.4 Å². The lowest BCUT2D eigenvalue weighted by Gasteiger charge is -2.53. The quantitative estimate of drug-likeness (QED) is 0.0431. The maximum atomic E-state index is 14.3. The van der Waals surface area contributed by atoms with Crippen LogP contribution in [0.25, 0.3) is 0 Å². The van der Waals surface area contributed by atoms with Crippen molar-refractivity contribution in [1.29, 1.82) is 0 Å². The lowest BCUT2D eigenvalue weighted by Crippen LogP contribution is -2.62. The number of hydrogen-bond acceptors (Lipinski definition) is 20. The Balaban J connectivity index is 0.000000272.